The Morgan fingerprint density at radius 2 is 0.625 bits per heavy atom. The minimum atomic E-state index is -6.24. The van der Waals surface area contributed by atoms with E-state index in [1.807, 2.05) is 0 Å². The molecular formula is C33H16B2F20O. The Kier molecular flexibility index (Phi) is 11.7. The molecule has 0 aliphatic heterocycles. The van der Waals surface area contributed by atoms with Gasteiger partial charge in [0.05, 0.1) is 0 Å². The van der Waals surface area contributed by atoms with Crippen LogP contribution in [-0.4, -0.2) is 13.1 Å². The molecule has 0 aliphatic rings. The molecule has 0 aromatic heterocycles. The molecule has 0 fully saturated rings. The molecule has 0 bridgehead atoms. The summed E-state index contributed by atoms with van der Waals surface area (Å²) in [5.74, 6) is -64.2. The smallest absolute Gasteiger partial charge is 0.255 e. The Morgan fingerprint density at radius 3 is 0.839 bits per heavy atom. The maximum absolute atomic E-state index is 16.2. The number of allylic oxidation sites excluding steroid dienone is 1. The van der Waals surface area contributed by atoms with E-state index in [2.05, 4.69) is 0 Å². The largest absolute Gasteiger partial charge is 0.393 e. The summed E-state index contributed by atoms with van der Waals surface area (Å²) in [6.07, 6.45) is -7.41. The highest BCUT2D eigenvalue weighted by Gasteiger charge is 2.55. The van der Waals surface area contributed by atoms with Crippen molar-refractivity contribution in [2.45, 2.75) is 34.6 Å². The molecule has 0 radical (unpaired) electrons. The maximum atomic E-state index is 16.2. The first-order valence-corrected chi connectivity index (χ1v) is 15.0. The maximum Gasteiger partial charge on any atom is 0.255 e. The van der Waals surface area contributed by atoms with Crippen LogP contribution in [-0.2, 0) is 4.65 Å². The van der Waals surface area contributed by atoms with E-state index in [4.69, 9.17) is 4.65 Å². The predicted octanol–water partition coefficient (Wildman–Crippen LogP) is 8.48. The van der Waals surface area contributed by atoms with Crippen molar-refractivity contribution in [1.82, 2.24) is 0 Å². The second-order valence-corrected chi connectivity index (χ2v) is 13.2. The molecule has 0 saturated carbocycles. The lowest BCUT2D eigenvalue weighted by Gasteiger charge is -2.46. The van der Waals surface area contributed by atoms with Crippen LogP contribution in [0.5, 0.6) is 0 Å². The van der Waals surface area contributed by atoms with Crippen LogP contribution in [0.15, 0.2) is 11.4 Å². The summed E-state index contributed by atoms with van der Waals surface area (Å²) in [5, 5.41) is -2.36. The van der Waals surface area contributed by atoms with Gasteiger partial charge in [-0.15, -0.1) is 6.08 Å². The fourth-order valence-electron chi connectivity index (χ4n) is 6.14. The second kappa shape index (κ2) is 14.9. The lowest BCUT2D eigenvalue weighted by atomic mass is 9.13. The predicted molar refractivity (Wildman–Crippen MR) is 158 cm³/mol. The average Bonchev–Trinajstić information content (AvgIpc) is 3.12. The van der Waals surface area contributed by atoms with E-state index in [0.29, 0.717) is 13.8 Å². The van der Waals surface area contributed by atoms with Gasteiger partial charge in [-0.1, -0.05) is 31.7 Å². The first-order chi connectivity index (χ1) is 25.6. The van der Waals surface area contributed by atoms with Crippen LogP contribution in [0.2, 0.25) is 0 Å². The van der Waals surface area contributed by atoms with Gasteiger partial charge in [-0.3, -0.25) is 0 Å². The van der Waals surface area contributed by atoms with Gasteiger partial charge in [0.15, 0.2) is 99.2 Å². The van der Waals surface area contributed by atoms with Crippen LogP contribution in [0.25, 0.3) is 0 Å². The Morgan fingerprint density at radius 1 is 0.411 bits per heavy atom. The third-order valence-corrected chi connectivity index (χ3v) is 8.18. The molecule has 0 heterocycles. The molecule has 0 atom stereocenters. The first-order valence-electron chi connectivity index (χ1n) is 15.0. The molecule has 0 spiro atoms. The quantitative estimate of drug-likeness (QED) is 0.0570. The zero-order valence-electron chi connectivity index (χ0n) is 28.2. The van der Waals surface area contributed by atoms with Crippen molar-refractivity contribution in [2.75, 3.05) is 0 Å². The highest BCUT2D eigenvalue weighted by atomic mass is 19.2. The van der Waals surface area contributed by atoms with Gasteiger partial charge >= 0.3 is 0 Å². The number of halogens is 20. The van der Waals surface area contributed by atoms with Gasteiger partial charge in [-0.25, -0.2) is 93.2 Å². The van der Waals surface area contributed by atoms with E-state index < -0.39 is 168 Å². The monoisotopic (exact) mass is 830 g/mol. The van der Waals surface area contributed by atoms with Gasteiger partial charge in [-0.2, -0.15) is 0 Å². The lowest BCUT2D eigenvalue weighted by molar-refractivity contribution is 0.336. The minimum absolute atomic E-state index is 0.0210. The number of benzene rings is 4. The molecule has 0 aliphatic carbocycles. The van der Waals surface area contributed by atoms with Crippen molar-refractivity contribution in [2.24, 2.45) is 5.41 Å². The van der Waals surface area contributed by atoms with Crippen molar-refractivity contribution >= 4 is 34.9 Å². The SMILES string of the molecule is C[C+](C)O[B-](/C(=C\C(C)(C)C)B(c1c(F)c(F)c(F)c(F)c1F)c1c(F)c(F)c(F)c(F)c1F)(c1c(F)c(F)c(F)c(F)c1F)c1c(F)c(F)c(F)c(F)c1F. The van der Waals surface area contributed by atoms with Gasteiger partial charge < -0.3 is 4.65 Å². The number of hydrogen-bond acceptors (Lipinski definition) is 1. The minimum Gasteiger partial charge on any atom is -0.393 e. The molecule has 4 rings (SSSR count). The van der Waals surface area contributed by atoms with Crippen LogP contribution < -0.4 is 21.9 Å². The molecule has 23 heteroatoms. The molecule has 0 N–H and O–H groups in total. The van der Waals surface area contributed by atoms with Gasteiger partial charge in [-0.05, 0) is 5.41 Å². The zero-order valence-corrected chi connectivity index (χ0v) is 28.2. The number of rotatable bonds is 8. The summed E-state index contributed by atoms with van der Waals surface area (Å²) >= 11 is 0. The van der Waals surface area contributed by atoms with Gasteiger partial charge in [0.1, 0.15) is 37.1 Å². The van der Waals surface area contributed by atoms with E-state index in [1.165, 1.54) is 0 Å². The summed E-state index contributed by atoms with van der Waals surface area (Å²) in [5.41, 5.74) is -13.7. The Bertz CT molecular complexity index is 2080. The summed E-state index contributed by atoms with van der Waals surface area (Å²) < 4.78 is 311. The van der Waals surface area contributed by atoms with Crippen molar-refractivity contribution in [1.29, 1.82) is 0 Å². The zero-order chi connectivity index (χ0) is 43.0. The topological polar surface area (TPSA) is 9.23 Å². The molecule has 0 amide bonds. The van der Waals surface area contributed by atoms with E-state index in [-0.39, 0.29) is 6.08 Å². The molecule has 1 nitrogen and oxygen atoms in total. The summed E-state index contributed by atoms with van der Waals surface area (Å²) in [4.78, 5) is 0. The summed E-state index contributed by atoms with van der Waals surface area (Å²) in [6.45, 7) is -0.720. The van der Waals surface area contributed by atoms with E-state index >= 15 is 52.7 Å². The molecule has 0 saturated heterocycles. The molecular weight excluding hydrogens is 814 g/mol. The van der Waals surface area contributed by atoms with Crippen LogP contribution in [0.4, 0.5) is 87.8 Å². The second-order valence-electron chi connectivity index (χ2n) is 13.2. The third kappa shape index (κ3) is 6.63. The van der Waals surface area contributed by atoms with Crippen molar-refractivity contribution in [3.05, 3.63) is 134 Å². The fraction of sp³-hybridized carbons (Fsp3) is 0.182. The van der Waals surface area contributed by atoms with Crippen LogP contribution in [0, 0.1) is 128 Å². The average molecular weight is 830 g/mol. The van der Waals surface area contributed by atoms with Gasteiger partial charge in [0.25, 0.3) is 6.35 Å². The number of hydrogen-bond donors (Lipinski definition) is 0. The summed E-state index contributed by atoms with van der Waals surface area (Å²) in [6, 6.07) is 0. The fourth-order valence-corrected chi connectivity index (χ4v) is 6.14. The van der Waals surface area contributed by atoms with Crippen LogP contribution in [0.1, 0.15) is 34.6 Å². The Hall–Kier alpha value is -4.82. The first kappa shape index (κ1) is 43.9. The summed E-state index contributed by atoms with van der Waals surface area (Å²) in [7, 11) is 0. The molecule has 0 unspecified atom stereocenters. The Labute approximate surface area is 301 Å². The van der Waals surface area contributed by atoms with Crippen LogP contribution in [0.3, 0.4) is 0 Å². The van der Waals surface area contributed by atoms with Crippen LogP contribution >= 0.6 is 0 Å². The van der Waals surface area contributed by atoms with E-state index in [0.717, 1.165) is 20.8 Å². The standard InChI is InChI=1S/C33H16B2F20O/c1-7(2)56-35(11-17(40)25(48)31(54)26(49)18(11)41,12-19(42)27(50)32(55)28(51)20(12)43)8(6-33(3,4)5)34(9-13(36)21(44)29(52)22(45)14(9)37)10-15(38)23(46)30(53)24(47)16(10)39/h6H,1-5H3/b8-6-. The van der Waals surface area contributed by atoms with Gasteiger partial charge in [0, 0.05) is 10.9 Å². The molecule has 4 aromatic rings. The van der Waals surface area contributed by atoms with E-state index in [1.54, 1.807) is 0 Å². The van der Waals surface area contributed by atoms with Crippen molar-refractivity contribution in [3.8, 4) is 0 Å². The highest BCUT2D eigenvalue weighted by Crippen LogP contribution is 2.36. The normalized spacial score (nSPS) is 12.6. The van der Waals surface area contributed by atoms with E-state index in [9.17, 15) is 35.1 Å². The molecule has 300 valence electrons. The molecule has 4 aromatic carbocycles. The van der Waals surface area contributed by atoms with Gasteiger partial charge in [0.2, 0.25) is 6.71 Å². The molecule has 56 heavy (non-hydrogen) atoms. The highest BCUT2D eigenvalue weighted by molar-refractivity contribution is 7.16. The van der Waals surface area contributed by atoms with Crippen molar-refractivity contribution < 1.29 is 92.5 Å². The Balaban J connectivity index is 2.66. The third-order valence-electron chi connectivity index (χ3n) is 8.18. The van der Waals surface area contributed by atoms with Crippen molar-refractivity contribution in [3.63, 3.8) is 0 Å². The lowest BCUT2D eigenvalue weighted by Crippen LogP contribution is -2.73.